The Hall–Kier alpha value is -6.68. The Balaban J connectivity index is 0.000000649. The van der Waals surface area contributed by atoms with Crippen molar-refractivity contribution in [2.45, 2.75) is 27.3 Å². The molecule has 0 aliphatic heterocycles. The molecule has 302 valence electrons. The van der Waals surface area contributed by atoms with Crippen LogP contribution in [0.1, 0.15) is 0 Å². The van der Waals surface area contributed by atoms with E-state index in [4.69, 9.17) is 28.0 Å². The molecule has 0 aliphatic carbocycles. The SMILES string of the molecule is CB(C)S.CB(C)S.[3H]Oc1ccc(-c2c3ccccc3c(-c3ccc(O[3H])c4ncccc34)c3cc(-c4nc(-c5ccccc5)nc(-c5ccccc5)n4)ccc23)c2cccnc12. The van der Waals surface area contributed by atoms with Gasteiger partial charge in [-0.2, -0.15) is 0 Å². The molecule has 62 heavy (non-hydrogen) atoms. The molecule has 0 radical (unpaired) electrons. The number of thiol groups is 2. The fourth-order valence-corrected chi connectivity index (χ4v) is 7.56. The van der Waals surface area contributed by atoms with Crippen LogP contribution < -0.4 is 0 Å². The summed E-state index contributed by atoms with van der Waals surface area (Å²) in [7, 11) is 0. The Bertz CT molecular complexity index is 3190. The summed E-state index contributed by atoms with van der Waals surface area (Å²) < 4.78 is 15.5. The van der Waals surface area contributed by atoms with Crippen LogP contribution in [-0.4, -0.2) is 50.0 Å². The fourth-order valence-electron chi connectivity index (χ4n) is 7.56. The van der Waals surface area contributed by atoms with Gasteiger partial charge in [0.05, 0.1) is 0 Å². The number of aromatic hydroxyl groups is 2. The molecule has 0 saturated carbocycles. The van der Waals surface area contributed by atoms with Gasteiger partial charge in [0.2, 0.25) is 0 Å². The van der Waals surface area contributed by atoms with Gasteiger partial charge in [-0.1, -0.05) is 136 Å². The largest absolute Gasteiger partial charge is 0.506 e. The van der Waals surface area contributed by atoms with E-state index in [1.54, 1.807) is 24.5 Å². The van der Waals surface area contributed by atoms with Crippen LogP contribution in [-0.2, 0) is 0 Å². The summed E-state index contributed by atoms with van der Waals surface area (Å²) in [6, 6.07) is 50.1. The molecule has 0 aliphatic rings. The number of hydrogen-bond donors (Lipinski definition) is 4. The summed E-state index contributed by atoms with van der Waals surface area (Å²) in [6.45, 7) is 8.12. The smallest absolute Gasteiger partial charge is 0.293 e. The summed E-state index contributed by atoms with van der Waals surface area (Å²) >= 11 is 7.93. The Morgan fingerprint density at radius 3 is 1.26 bits per heavy atom. The Labute approximate surface area is 375 Å². The zero-order valence-corrected chi connectivity index (χ0v) is 36.5. The molecular formula is C51H43B2N5O2S2. The molecule has 7 aromatic carbocycles. The minimum absolute atomic E-state index is 0.373. The van der Waals surface area contributed by atoms with Gasteiger partial charge >= 0.3 is 0 Å². The molecule has 0 atom stereocenters. The first-order valence-corrected chi connectivity index (χ1v) is 21.4. The first-order valence-electron chi connectivity index (χ1n) is 21.2. The van der Waals surface area contributed by atoms with Crippen LogP contribution in [0.5, 0.6) is 11.5 Å². The van der Waals surface area contributed by atoms with Gasteiger partial charge in [-0.25, -0.2) is 39.9 Å². The van der Waals surface area contributed by atoms with E-state index in [1.165, 1.54) is 0 Å². The second-order valence-electron chi connectivity index (χ2n) is 15.3. The first kappa shape index (κ1) is 39.5. The lowest BCUT2D eigenvalue weighted by atomic mass is 9.83. The van der Waals surface area contributed by atoms with Crippen molar-refractivity contribution < 1.29 is 10.2 Å². The van der Waals surface area contributed by atoms with Crippen LogP contribution in [0.25, 0.3) is 99.8 Å². The zero-order valence-electron chi connectivity index (χ0n) is 36.7. The second kappa shape index (κ2) is 18.5. The van der Waals surface area contributed by atoms with E-state index in [-0.39, 0.29) is 0 Å². The number of phenolic OH excluding ortho intramolecular Hbond substituents is 2. The number of aromatic nitrogens is 5. The summed E-state index contributed by atoms with van der Waals surface area (Å²) in [5, 5.41) is 15.8. The van der Waals surface area contributed by atoms with Gasteiger partial charge in [0, 0.05) is 39.9 Å². The minimum atomic E-state index is 0.373. The van der Waals surface area contributed by atoms with Crippen molar-refractivity contribution in [2.24, 2.45) is 0 Å². The van der Waals surface area contributed by atoms with E-state index in [9.17, 15) is 0 Å². The standard InChI is InChI=1S/C47H29N5O2.2C2H7BS/c53-39-23-21-33(36-17-9-25-48-43(36)39)41-31-15-7-8-16-32(31)42(34-22-24-40(54)44-37(34)18-10-26-49-44)38-27-30(19-20-35(38)41)47-51-45(28-11-3-1-4-12-28)50-46(52-47)29-13-5-2-6-14-29;2*1-3(2)4/h1-27,53-54H;2*4H,1-2H3/i/hT2. The van der Waals surface area contributed by atoms with Crippen molar-refractivity contribution in [3.05, 3.63) is 164 Å². The molecule has 0 spiro atoms. The number of benzene rings is 7. The topological polar surface area (TPSA) is 105 Å². The van der Waals surface area contributed by atoms with E-state index in [0.717, 1.165) is 71.3 Å². The predicted octanol–water partition coefficient (Wildman–Crippen LogP) is 13.4. The van der Waals surface area contributed by atoms with Crippen LogP contribution >= 0.6 is 25.0 Å². The highest BCUT2D eigenvalue weighted by Gasteiger charge is 2.22. The van der Waals surface area contributed by atoms with E-state index in [1.807, 2.05) is 130 Å². The summed E-state index contributed by atoms with van der Waals surface area (Å²) in [5.41, 5.74) is 7.69. The first-order chi connectivity index (χ1) is 31.2. The fraction of sp³-hybridized carbons (Fsp3) is 0.0784. The third-order valence-corrected chi connectivity index (χ3v) is 9.99. The van der Waals surface area contributed by atoms with Crippen LogP contribution in [0.4, 0.5) is 0 Å². The normalized spacial score (nSPS) is 11.2. The predicted molar refractivity (Wildman–Crippen MR) is 269 cm³/mol. The Morgan fingerprint density at radius 1 is 0.419 bits per heavy atom. The molecule has 7 nitrogen and oxygen atoms in total. The average molecular weight is 848 g/mol. The molecule has 11 heteroatoms. The van der Waals surface area contributed by atoms with Crippen LogP contribution in [0.3, 0.4) is 0 Å². The van der Waals surface area contributed by atoms with Gasteiger partial charge < -0.3 is 10.2 Å². The maximum Gasteiger partial charge on any atom is 0.293 e. The molecule has 0 unspecified atom stereocenters. The molecule has 0 bridgehead atoms. The van der Waals surface area contributed by atoms with Crippen LogP contribution in [0.2, 0.25) is 27.3 Å². The van der Waals surface area contributed by atoms with Gasteiger partial charge in [-0.3, -0.25) is 9.97 Å². The third kappa shape index (κ3) is 8.73. The molecule has 3 aromatic heterocycles. The Morgan fingerprint density at radius 2 is 0.806 bits per heavy atom. The number of nitrogens with zero attached hydrogens (tertiary/aromatic N) is 5. The molecule has 3 heterocycles. The van der Waals surface area contributed by atoms with Gasteiger partial charge in [-0.15, -0.1) is 0 Å². The highest BCUT2D eigenvalue weighted by atomic mass is 32.1. The van der Waals surface area contributed by atoms with Crippen molar-refractivity contribution in [2.75, 3.05) is 0 Å². The van der Waals surface area contributed by atoms with Gasteiger partial charge in [0.1, 0.15) is 22.5 Å². The van der Waals surface area contributed by atoms with Crippen LogP contribution in [0.15, 0.2) is 164 Å². The second-order valence-corrected chi connectivity index (χ2v) is 17.4. The van der Waals surface area contributed by atoms with Crippen molar-refractivity contribution >= 4 is 80.3 Å². The molecule has 10 rings (SSSR count). The van der Waals surface area contributed by atoms with Gasteiger partial charge in [0.15, 0.2) is 29.5 Å². The number of hydrogen-bond acceptors (Lipinski definition) is 9. The summed E-state index contributed by atoms with van der Waals surface area (Å²) in [5.74, 6) is 3.50. The minimum Gasteiger partial charge on any atom is -0.506 e. The van der Waals surface area contributed by atoms with E-state index in [2.05, 4.69) is 71.3 Å². The number of phenols is 2. The quantitative estimate of drug-likeness (QED) is 0.0719. The number of pyridine rings is 2. The maximum atomic E-state index is 7.78. The summed E-state index contributed by atoms with van der Waals surface area (Å²) in [6.07, 6.45) is 3.43. The third-order valence-electron chi connectivity index (χ3n) is 9.99. The molecule has 0 saturated heterocycles. The zero-order chi connectivity index (χ0) is 44.7. The number of rotatable bonds is 7. The average Bonchev–Trinajstić information content (AvgIpc) is 3.32. The van der Waals surface area contributed by atoms with Crippen molar-refractivity contribution in [3.8, 4) is 67.9 Å². The Kier molecular flexibility index (Phi) is 11.8. The lowest BCUT2D eigenvalue weighted by Crippen LogP contribution is -2.00. The number of fused-ring (bicyclic) bond motifs is 4. The summed E-state index contributed by atoms with van der Waals surface area (Å²) in [4.78, 5) is 24.4. The van der Waals surface area contributed by atoms with Crippen molar-refractivity contribution in [1.82, 2.24) is 24.9 Å². The molecule has 2 N–H and O–H groups in total. The van der Waals surface area contributed by atoms with Gasteiger partial charge in [-0.05, 0) is 86.3 Å². The lowest BCUT2D eigenvalue weighted by molar-refractivity contribution is 0.480. The lowest BCUT2D eigenvalue weighted by Gasteiger charge is -2.20. The van der Waals surface area contributed by atoms with Crippen molar-refractivity contribution in [1.29, 1.82) is 2.86 Å². The van der Waals surface area contributed by atoms with Gasteiger partial charge in [0.25, 0.3) is 2.86 Å². The van der Waals surface area contributed by atoms with Crippen LogP contribution in [0, 0.1) is 0 Å². The van der Waals surface area contributed by atoms with Crippen molar-refractivity contribution in [3.63, 3.8) is 0 Å². The molecule has 0 fully saturated rings. The van der Waals surface area contributed by atoms with E-state index in [0.29, 0.717) is 52.0 Å². The highest BCUT2D eigenvalue weighted by molar-refractivity contribution is 8.10. The monoisotopic (exact) mass is 847 g/mol. The van der Waals surface area contributed by atoms with E-state index >= 15 is 0 Å². The molecule has 0 amide bonds. The maximum absolute atomic E-state index is 7.78. The molecule has 10 aromatic rings. The highest BCUT2D eigenvalue weighted by Crippen LogP contribution is 2.48. The van der Waals surface area contributed by atoms with E-state index < -0.39 is 0 Å². The molecular weight excluding hydrogens is 800 g/mol.